The Hall–Kier alpha value is -3.33. The van der Waals surface area contributed by atoms with Crippen LogP contribution in [0.25, 0.3) is 10.9 Å². The number of nitrogens with one attached hydrogen (secondary N) is 1. The summed E-state index contributed by atoms with van der Waals surface area (Å²) >= 11 is 6.25. The van der Waals surface area contributed by atoms with Crippen molar-refractivity contribution in [2.75, 3.05) is 6.79 Å². The third kappa shape index (κ3) is 4.16. The Morgan fingerprint density at radius 1 is 0.971 bits per heavy atom. The monoisotopic (exact) mass is 496 g/mol. The van der Waals surface area contributed by atoms with Gasteiger partial charge in [0.25, 0.3) is 5.56 Å². The fraction of sp³-hybridized carbons (Fsp3) is 0.160. The summed E-state index contributed by atoms with van der Waals surface area (Å²) in [6.07, 6.45) is 0. The minimum Gasteiger partial charge on any atom is -0.454 e. The van der Waals surface area contributed by atoms with Gasteiger partial charge in [0.2, 0.25) is 16.8 Å². The van der Waals surface area contributed by atoms with Crippen LogP contribution in [0, 0.1) is 6.92 Å². The zero-order valence-electron chi connectivity index (χ0n) is 18.2. The molecule has 1 aromatic heterocycles. The van der Waals surface area contributed by atoms with Gasteiger partial charge >= 0.3 is 0 Å². The number of halogens is 1. The minimum atomic E-state index is -4.04. The Morgan fingerprint density at radius 2 is 1.76 bits per heavy atom. The first-order valence-corrected chi connectivity index (χ1v) is 12.4. The summed E-state index contributed by atoms with van der Waals surface area (Å²) in [5.74, 6) is 1.15. The van der Waals surface area contributed by atoms with Crippen molar-refractivity contribution in [2.45, 2.75) is 24.9 Å². The number of rotatable bonds is 6. The molecule has 0 spiro atoms. The van der Waals surface area contributed by atoms with Gasteiger partial charge in [0, 0.05) is 18.7 Å². The number of sulfonamides is 1. The number of hydrogen-bond acceptors (Lipinski definition) is 5. The van der Waals surface area contributed by atoms with E-state index in [1.807, 2.05) is 25.1 Å². The van der Waals surface area contributed by atoms with Gasteiger partial charge in [-0.25, -0.2) is 8.42 Å². The zero-order valence-corrected chi connectivity index (χ0v) is 19.8. The second kappa shape index (κ2) is 8.79. The number of para-hydroxylation sites is 1. The molecule has 0 unspecified atom stereocenters. The van der Waals surface area contributed by atoms with Gasteiger partial charge in [-0.1, -0.05) is 48.0 Å². The SMILES string of the molecule is Cc1cccc2cc(CN(Cc3ccc4c(c3)OCO4)S(=O)(=O)c3ccccc3Cl)c(=O)[nH]c12. The van der Waals surface area contributed by atoms with E-state index in [0.717, 1.165) is 16.5 Å². The van der Waals surface area contributed by atoms with Gasteiger partial charge < -0.3 is 14.5 Å². The summed E-state index contributed by atoms with van der Waals surface area (Å²) in [6, 6.07) is 18.9. The summed E-state index contributed by atoms with van der Waals surface area (Å²) in [6.45, 7) is 1.90. The fourth-order valence-electron chi connectivity index (χ4n) is 4.00. The molecule has 0 amide bonds. The molecule has 0 aliphatic carbocycles. The molecule has 0 saturated carbocycles. The molecule has 0 fully saturated rings. The quantitative estimate of drug-likeness (QED) is 0.421. The normalized spacial score (nSPS) is 13.0. The molecule has 2 heterocycles. The molecule has 3 aromatic carbocycles. The van der Waals surface area contributed by atoms with Gasteiger partial charge in [-0.2, -0.15) is 4.31 Å². The summed E-state index contributed by atoms with van der Waals surface area (Å²) < 4.78 is 39.4. The lowest BCUT2D eigenvalue weighted by atomic mass is 10.1. The summed E-state index contributed by atoms with van der Waals surface area (Å²) in [5.41, 5.74) is 2.34. The Labute approximate surface area is 201 Å². The molecule has 174 valence electrons. The van der Waals surface area contributed by atoms with Gasteiger partial charge in [-0.05, 0) is 53.8 Å². The van der Waals surface area contributed by atoms with Crippen LogP contribution in [0.4, 0.5) is 0 Å². The first kappa shape index (κ1) is 22.5. The summed E-state index contributed by atoms with van der Waals surface area (Å²) in [5, 5.41) is 0.939. The van der Waals surface area contributed by atoms with Gasteiger partial charge in [-0.15, -0.1) is 0 Å². The van der Waals surface area contributed by atoms with Gasteiger partial charge in [-0.3, -0.25) is 4.79 Å². The molecular formula is C25H21ClN2O5S. The second-order valence-corrected chi connectivity index (χ2v) is 10.4. The maximum atomic E-state index is 13.7. The van der Waals surface area contributed by atoms with Crippen LogP contribution in [0.15, 0.2) is 76.4 Å². The summed E-state index contributed by atoms with van der Waals surface area (Å²) in [7, 11) is -4.04. The van der Waals surface area contributed by atoms with Crippen molar-refractivity contribution in [3.63, 3.8) is 0 Å². The van der Waals surface area contributed by atoms with Crippen LogP contribution in [-0.4, -0.2) is 24.5 Å². The van der Waals surface area contributed by atoms with E-state index in [9.17, 15) is 13.2 Å². The van der Waals surface area contributed by atoms with Crippen molar-refractivity contribution in [3.05, 3.63) is 98.8 Å². The Kier molecular flexibility index (Phi) is 5.81. The molecule has 5 rings (SSSR count). The molecule has 0 saturated heterocycles. The number of aromatic amines is 1. The number of aryl methyl sites for hydroxylation is 1. The Bertz CT molecular complexity index is 1570. The van der Waals surface area contributed by atoms with Gasteiger partial charge in [0.15, 0.2) is 11.5 Å². The van der Waals surface area contributed by atoms with Gasteiger partial charge in [0.1, 0.15) is 4.90 Å². The van der Waals surface area contributed by atoms with Gasteiger partial charge in [0.05, 0.1) is 10.5 Å². The topological polar surface area (TPSA) is 88.7 Å². The number of nitrogens with zero attached hydrogens (tertiary/aromatic N) is 1. The number of benzene rings is 3. The van der Waals surface area contributed by atoms with Crippen LogP contribution in [0.3, 0.4) is 0 Å². The maximum Gasteiger partial charge on any atom is 0.252 e. The number of aromatic nitrogens is 1. The average molecular weight is 497 g/mol. The molecule has 0 bridgehead atoms. The predicted octanol–water partition coefficient (Wildman–Crippen LogP) is 4.61. The molecule has 1 aliphatic heterocycles. The number of pyridine rings is 1. The van der Waals surface area contributed by atoms with Crippen molar-refractivity contribution >= 4 is 32.5 Å². The van der Waals surface area contributed by atoms with Crippen molar-refractivity contribution in [1.82, 2.24) is 9.29 Å². The Morgan fingerprint density at radius 3 is 2.59 bits per heavy atom. The van der Waals surface area contributed by atoms with E-state index < -0.39 is 10.0 Å². The minimum absolute atomic E-state index is 0.00942. The number of H-pyrrole nitrogens is 1. The van der Waals surface area contributed by atoms with Crippen LogP contribution in [0.2, 0.25) is 5.02 Å². The molecule has 1 N–H and O–H groups in total. The third-order valence-electron chi connectivity index (χ3n) is 5.76. The van der Waals surface area contributed by atoms with Crippen molar-refractivity contribution < 1.29 is 17.9 Å². The molecular weight excluding hydrogens is 476 g/mol. The van der Waals surface area contributed by atoms with Crippen LogP contribution in [-0.2, 0) is 23.1 Å². The van der Waals surface area contributed by atoms with E-state index in [0.29, 0.717) is 22.6 Å². The van der Waals surface area contributed by atoms with E-state index in [1.165, 1.54) is 16.4 Å². The molecule has 1 aliphatic rings. The van der Waals surface area contributed by atoms with E-state index in [4.69, 9.17) is 21.1 Å². The first-order valence-electron chi connectivity index (χ1n) is 10.6. The highest BCUT2D eigenvalue weighted by atomic mass is 35.5. The molecule has 0 radical (unpaired) electrons. The number of fused-ring (bicyclic) bond motifs is 2. The third-order valence-corrected chi connectivity index (χ3v) is 8.05. The molecule has 4 aromatic rings. The lowest BCUT2D eigenvalue weighted by molar-refractivity contribution is 0.174. The lowest BCUT2D eigenvalue weighted by Gasteiger charge is -2.23. The first-order chi connectivity index (χ1) is 16.3. The molecule has 34 heavy (non-hydrogen) atoms. The largest absolute Gasteiger partial charge is 0.454 e. The lowest BCUT2D eigenvalue weighted by Crippen LogP contribution is -2.32. The highest BCUT2D eigenvalue weighted by molar-refractivity contribution is 7.89. The van der Waals surface area contributed by atoms with Crippen LogP contribution in [0.5, 0.6) is 11.5 Å². The maximum absolute atomic E-state index is 13.7. The molecule has 7 nitrogen and oxygen atoms in total. The van der Waals surface area contributed by atoms with Crippen molar-refractivity contribution in [3.8, 4) is 11.5 Å². The fourth-order valence-corrected chi connectivity index (χ4v) is 5.90. The van der Waals surface area contributed by atoms with Crippen LogP contribution in [0.1, 0.15) is 16.7 Å². The van der Waals surface area contributed by atoms with E-state index >= 15 is 0 Å². The van der Waals surface area contributed by atoms with E-state index in [1.54, 1.807) is 36.4 Å². The highest BCUT2D eigenvalue weighted by Crippen LogP contribution is 2.34. The van der Waals surface area contributed by atoms with E-state index in [-0.39, 0.29) is 35.4 Å². The zero-order chi connectivity index (χ0) is 23.9. The average Bonchev–Trinajstić information content (AvgIpc) is 3.28. The van der Waals surface area contributed by atoms with Crippen LogP contribution < -0.4 is 15.0 Å². The highest BCUT2D eigenvalue weighted by Gasteiger charge is 2.28. The van der Waals surface area contributed by atoms with Crippen molar-refractivity contribution in [1.29, 1.82) is 0 Å². The Balaban J connectivity index is 1.58. The number of hydrogen-bond donors (Lipinski definition) is 1. The molecule has 0 atom stereocenters. The number of ether oxygens (including phenoxy) is 2. The smallest absolute Gasteiger partial charge is 0.252 e. The molecule has 9 heteroatoms. The summed E-state index contributed by atoms with van der Waals surface area (Å²) in [4.78, 5) is 15.8. The predicted molar refractivity (Wildman–Crippen MR) is 130 cm³/mol. The second-order valence-electron chi connectivity index (χ2n) is 8.05. The van der Waals surface area contributed by atoms with E-state index in [2.05, 4.69) is 4.98 Å². The van der Waals surface area contributed by atoms with Crippen molar-refractivity contribution in [2.24, 2.45) is 0 Å². The van der Waals surface area contributed by atoms with Crippen LogP contribution >= 0.6 is 11.6 Å². The standard InChI is InChI=1S/C25H21ClN2O5S/c1-16-5-4-6-18-12-19(25(29)27-24(16)18)14-28(34(30,31)23-8-3-2-7-20(23)26)13-17-9-10-21-22(11-17)33-15-32-21/h2-12H,13-15H2,1H3,(H,27,29).